The number of carbonyl (C=O) groups is 1. The fraction of sp³-hybridized carbons (Fsp3) is 0.188. The first-order valence-electron chi connectivity index (χ1n) is 7.38. The largest absolute Gasteiger partial charge is 0.559 e. The predicted molar refractivity (Wildman–Crippen MR) is 86.9 cm³/mol. The van der Waals surface area contributed by atoms with Crippen LogP contribution in [0.15, 0.2) is 35.8 Å². The second-order valence-corrected chi connectivity index (χ2v) is 5.78. The van der Waals surface area contributed by atoms with Crippen molar-refractivity contribution in [2.75, 3.05) is 5.73 Å². The number of anilines is 1. The minimum absolute atomic E-state index is 0.374. The van der Waals surface area contributed by atoms with Gasteiger partial charge in [-0.1, -0.05) is 18.2 Å². The van der Waals surface area contributed by atoms with Gasteiger partial charge in [-0.25, -0.2) is 0 Å². The quantitative estimate of drug-likeness (QED) is 0.773. The van der Waals surface area contributed by atoms with E-state index >= 15 is 0 Å². The van der Waals surface area contributed by atoms with Gasteiger partial charge >= 0.3 is 7.12 Å². The van der Waals surface area contributed by atoms with Crippen LogP contribution in [0.4, 0.5) is 5.82 Å². The average Bonchev–Trinajstić information content (AvgIpc) is 2.85. The van der Waals surface area contributed by atoms with Gasteiger partial charge in [0.1, 0.15) is 0 Å². The van der Waals surface area contributed by atoms with Crippen LogP contribution in [0.2, 0.25) is 0 Å². The van der Waals surface area contributed by atoms with E-state index in [-0.39, 0.29) is 5.97 Å². The summed E-state index contributed by atoms with van der Waals surface area (Å²) in [5.74, 6) is -0.393. The van der Waals surface area contributed by atoms with Crippen molar-refractivity contribution < 1.29 is 14.5 Å². The van der Waals surface area contributed by atoms with Gasteiger partial charge in [0, 0.05) is 10.8 Å². The highest BCUT2D eigenvalue weighted by molar-refractivity contribution is 6.59. The molecule has 1 aromatic carbocycles. The third-order valence-electron chi connectivity index (χ3n) is 4.43. The lowest BCUT2D eigenvalue weighted by molar-refractivity contribution is -0.136. The lowest BCUT2D eigenvalue weighted by atomic mass is 9.68. The standard InChI is InChI=1S/C16H14BN3O3/c1-8-13-7-9(5-6-11(13)15(18)20-19-8)10-3-2-4-12-14(10)17(22)23-16(12)21/h2-3,5-7,12,22H,4H2,1H3,(H2,18,20). The number of nitrogen functional groups attached to an aromatic ring is 1. The molecule has 0 spiro atoms. The summed E-state index contributed by atoms with van der Waals surface area (Å²) < 4.78 is 4.97. The average molecular weight is 307 g/mol. The molecule has 23 heavy (non-hydrogen) atoms. The van der Waals surface area contributed by atoms with Gasteiger partial charge in [0.2, 0.25) is 0 Å². The summed E-state index contributed by atoms with van der Waals surface area (Å²) in [5, 5.41) is 19.8. The van der Waals surface area contributed by atoms with E-state index in [9.17, 15) is 9.82 Å². The van der Waals surface area contributed by atoms with Crippen molar-refractivity contribution in [1.29, 1.82) is 0 Å². The maximum absolute atomic E-state index is 11.8. The van der Waals surface area contributed by atoms with Crippen molar-refractivity contribution in [2.45, 2.75) is 13.3 Å². The molecule has 114 valence electrons. The Balaban J connectivity index is 1.94. The van der Waals surface area contributed by atoms with Crippen LogP contribution in [0.1, 0.15) is 17.7 Å². The lowest BCUT2D eigenvalue weighted by Gasteiger charge is -2.16. The zero-order valence-electron chi connectivity index (χ0n) is 12.5. The predicted octanol–water partition coefficient (Wildman–Crippen LogP) is 1.43. The van der Waals surface area contributed by atoms with Gasteiger partial charge in [-0.3, -0.25) is 4.79 Å². The number of nitrogens with two attached hydrogens (primary N) is 1. The van der Waals surface area contributed by atoms with Crippen LogP contribution in [0.25, 0.3) is 16.3 Å². The van der Waals surface area contributed by atoms with Crippen LogP contribution in [0, 0.1) is 12.8 Å². The van der Waals surface area contributed by atoms with E-state index in [0.29, 0.717) is 17.7 Å². The van der Waals surface area contributed by atoms with E-state index in [1.165, 1.54) is 0 Å². The molecule has 1 saturated heterocycles. The van der Waals surface area contributed by atoms with Crippen LogP contribution in [0.5, 0.6) is 0 Å². The van der Waals surface area contributed by atoms with Crippen molar-refractivity contribution in [3.8, 4) is 0 Å². The van der Waals surface area contributed by atoms with E-state index in [1.807, 2.05) is 37.3 Å². The van der Waals surface area contributed by atoms with E-state index in [4.69, 9.17) is 10.4 Å². The van der Waals surface area contributed by atoms with E-state index in [2.05, 4.69) is 10.2 Å². The van der Waals surface area contributed by atoms with E-state index in [0.717, 1.165) is 27.6 Å². The molecule has 1 unspecified atom stereocenters. The van der Waals surface area contributed by atoms with Crippen LogP contribution in [0.3, 0.4) is 0 Å². The van der Waals surface area contributed by atoms with Gasteiger partial charge in [-0.15, -0.1) is 5.10 Å². The molecule has 1 aliphatic carbocycles. The molecule has 0 radical (unpaired) electrons. The maximum Gasteiger partial charge on any atom is 0.559 e. The summed E-state index contributed by atoms with van der Waals surface area (Å²) >= 11 is 0. The minimum atomic E-state index is -1.18. The molecule has 0 saturated carbocycles. The van der Waals surface area contributed by atoms with Gasteiger partial charge in [0.05, 0.1) is 11.6 Å². The molecule has 7 heteroatoms. The Morgan fingerprint density at radius 1 is 1.35 bits per heavy atom. The first-order valence-corrected chi connectivity index (χ1v) is 7.38. The second-order valence-electron chi connectivity index (χ2n) is 5.78. The Kier molecular flexibility index (Phi) is 2.99. The fourth-order valence-electron chi connectivity index (χ4n) is 3.25. The summed E-state index contributed by atoms with van der Waals surface area (Å²) in [7, 11) is -1.18. The third kappa shape index (κ3) is 2.04. The first kappa shape index (κ1) is 14.0. The molecule has 1 fully saturated rings. The topological polar surface area (TPSA) is 98.3 Å². The smallest absolute Gasteiger partial charge is 0.506 e. The molecule has 1 atom stereocenters. The van der Waals surface area contributed by atoms with E-state index < -0.39 is 13.0 Å². The van der Waals surface area contributed by atoms with Crippen molar-refractivity contribution in [2.24, 2.45) is 5.92 Å². The van der Waals surface area contributed by atoms with Gasteiger partial charge in [0.25, 0.3) is 5.97 Å². The number of aryl methyl sites for hydroxylation is 1. The Bertz CT molecular complexity index is 907. The molecule has 0 bridgehead atoms. The first-order chi connectivity index (χ1) is 11.1. The number of carbonyl (C=O) groups excluding carboxylic acids is 1. The molecule has 0 amide bonds. The highest BCUT2D eigenvalue weighted by Gasteiger charge is 2.45. The number of aromatic nitrogens is 2. The normalized spacial score (nSPS) is 20.2. The molecule has 6 nitrogen and oxygen atoms in total. The number of allylic oxidation sites excluding steroid dienone is 3. The molecule has 2 aromatic rings. The zero-order valence-corrected chi connectivity index (χ0v) is 12.5. The number of hydrogen-bond acceptors (Lipinski definition) is 6. The summed E-state index contributed by atoms with van der Waals surface area (Å²) in [5.41, 5.74) is 8.99. The van der Waals surface area contributed by atoms with Crippen LogP contribution in [-0.4, -0.2) is 28.3 Å². The lowest BCUT2D eigenvalue weighted by Crippen LogP contribution is -2.17. The number of hydrogen-bond donors (Lipinski definition) is 2. The molecule has 2 aliphatic rings. The van der Waals surface area contributed by atoms with Crippen LogP contribution >= 0.6 is 0 Å². The van der Waals surface area contributed by atoms with Gasteiger partial charge in [0.15, 0.2) is 5.82 Å². The molecular formula is C16H14BN3O3. The van der Waals surface area contributed by atoms with Crippen molar-refractivity contribution in [1.82, 2.24) is 10.2 Å². The van der Waals surface area contributed by atoms with Crippen molar-refractivity contribution in [3.63, 3.8) is 0 Å². The number of fused-ring (bicyclic) bond motifs is 2. The summed E-state index contributed by atoms with van der Waals surface area (Å²) in [4.78, 5) is 11.8. The Morgan fingerprint density at radius 2 is 2.17 bits per heavy atom. The SMILES string of the molecule is Cc1nnc(N)c2ccc(C3=C4B(O)OC(=O)C4CC=C3)cc12. The Labute approximate surface area is 132 Å². The Hall–Kier alpha value is -2.67. The second kappa shape index (κ2) is 4.92. The molecule has 3 N–H and O–H groups in total. The van der Waals surface area contributed by atoms with Gasteiger partial charge in [-0.05, 0) is 42.1 Å². The van der Waals surface area contributed by atoms with Gasteiger partial charge in [-0.2, -0.15) is 5.10 Å². The van der Waals surface area contributed by atoms with Crippen molar-refractivity contribution in [3.05, 3.63) is 47.1 Å². The number of benzene rings is 1. The highest BCUT2D eigenvalue weighted by atomic mass is 16.6. The Morgan fingerprint density at radius 3 is 3.00 bits per heavy atom. The maximum atomic E-state index is 11.8. The highest BCUT2D eigenvalue weighted by Crippen LogP contribution is 2.38. The molecular weight excluding hydrogens is 293 g/mol. The van der Waals surface area contributed by atoms with Crippen molar-refractivity contribution >= 4 is 35.3 Å². The third-order valence-corrected chi connectivity index (χ3v) is 4.43. The molecule has 4 rings (SSSR count). The summed E-state index contributed by atoms with van der Waals surface area (Å²) in [6.45, 7) is 1.87. The van der Waals surface area contributed by atoms with Crippen LogP contribution in [-0.2, 0) is 9.45 Å². The summed E-state index contributed by atoms with van der Waals surface area (Å²) in [6.07, 6.45) is 4.41. The molecule has 2 heterocycles. The minimum Gasteiger partial charge on any atom is -0.506 e. The van der Waals surface area contributed by atoms with Crippen LogP contribution < -0.4 is 5.73 Å². The zero-order chi connectivity index (χ0) is 16.1. The number of nitrogens with zero attached hydrogens (tertiary/aromatic N) is 2. The van der Waals surface area contributed by atoms with E-state index in [1.54, 1.807) is 0 Å². The monoisotopic (exact) mass is 307 g/mol. The summed E-state index contributed by atoms with van der Waals surface area (Å²) in [6, 6.07) is 5.75. The fourth-order valence-corrected chi connectivity index (χ4v) is 3.25. The molecule has 1 aromatic heterocycles. The molecule has 1 aliphatic heterocycles. The van der Waals surface area contributed by atoms with Gasteiger partial charge < -0.3 is 15.4 Å². The number of rotatable bonds is 1.